The molecule has 0 aliphatic rings. The number of hydrogen-bond acceptors (Lipinski definition) is 1. The van der Waals surface area contributed by atoms with Gasteiger partial charge in [0.15, 0.2) is 0 Å². The minimum absolute atomic E-state index is 0.295. The number of halogens is 3. The molecule has 3 nitrogen and oxygen atoms in total. The number of unbranched alkanes of at least 4 members (excludes halogenated alkanes) is 1. The number of alkyl halides is 3. The Hall–Kier alpha value is -1.72. The molecule has 1 aromatic rings. The van der Waals surface area contributed by atoms with Crippen molar-refractivity contribution in [3.05, 3.63) is 35.4 Å². The van der Waals surface area contributed by atoms with Gasteiger partial charge < -0.3 is 10.2 Å². The van der Waals surface area contributed by atoms with Crippen molar-refractivity contribution in [2.45, 2.75) is 45.3 Å². The van der Waals surface area contributed by atoms with Crippen LogP contribution in [0.2, 0.25) is 0 Å². The van der Waals surface area contributed by atoms with Gasteiger partial charge in [0.25, 0.3) is 0 Å². The summed E-state index contributed by atoms with van der Waals surface area (Å²) in [5.74, 6) is 0. The van der Waals surface area contributed by atoms with Crippen LogP contribution in [0.4, 0.5) is 18.0 Å². The maximum atomic E-state index is 12.8. The summed E-state index contributed by atoms with van der Waals surface area (Å²) >= 11 is 0. The lowest BCUT2D eigenvalue weighted by Crippen LogP contribution is -2.47. The van der Waals surface area contributed by atoms with Gasteiger partial charge in [-0.3, -0.25) is 0 Å². The standard InChI is InChI=1S/C16H23F3N2O/c1-5-6-10-21(4)14(22)20-15(2,3)12-8-7-9-13(11-12)16(17,18)19/h7-9,11H,5-6,10H2,1-4H3,(H,20,22). The molecule has 1 rings (SSSR count). The molecule has 2 amide bonds. The Kier molecular flexibility index (Phi) is 5.85. The van der Waals surface area contributed by atoms with Crippen LogP contribution in [0.5, 0.6) is 0 Å². The number of rotatable bonds is 5. The number of benzene rings is 1. The lowest BCUT2D eigenvalue weighted by atomic mass is 9.93. The van der Waals surface area contributed by atoms with E-state index in [1.807, 2.05) is 6.92 Å². The number of nitrogens with zero attached hydrogens (tertiary/aromatic N) is 1. The van der Waals surface area contributed by atoms with Crippen LogP contribution >= 0.6 is 0 Å². The molecule has 22 heavy (non-hydrogen) atoms. The maximum Gasteiger partial charge on any atom is 0.416 e. The number of hydrogen-bond donors (Lipinski definition) is 1. The van der Waals surface area contributed by atoms with E-state index in [4.69, 9.17) is 0 Å². The van der Waals surface area contributed by atoms with E-state index in [1.54, 1.807) is 31.9 Å². The van der Waals surface area contributed by atoms with E-state index in [9.17, 15) is 18.0 Å². The lowest BCUT2D eigenvalue weighted by molar-refractivity contribution is -0.137. The van der Waals surface area contributed by atoms with Crippen molar-refractivity contribution in [3.8, 4) is 0 Å². The molecule has 1 N–H and O–H groups in total. The van der Waals surface area contributed by atoms with Crippen LogP contribution < -0.4 is 5.32 Å². The molecule has 0 atom stereocenters. The monoisotopic (exact) mass is 316 g/mol. The van der Waals surface area contributed by atoms with Gasteiger partial charge in [-0.2, -0.15) is 13.2 Å². The molecule has 0 aliphatic carbocycles. The fourth-order valence-electron chi connectivity index (χ4n) is 2.02. The molecule has 0 bridgehead atoms. The number of carbonyl (C=O) groups excluding carboxylic acids is 1. The average Bonchev–Trinajstić information content (AvgIpc) is 2.43. The lowest BCUT2D eigenvalue weighted by Gasteiger charge is -2.30. The summed E-state index contributed by atoms with van der Waals surface area (Å²) in [5.41, 5.74) is -1.19. The fraction of sp³-hybridized carbons (Fsp3) is 0.562. The van der Waals surface area contributed by atoms with Crippen LogP contribution in [0.15, 0.2) is 24.3 Å². The second-order valence-electron chi connectivity index (χ2n) is 5.91. The summed E-state index contributed by atoms with van der Waals surface area (Å²) < 4.78 is 38.4. The van der Waals surface area contributed by atoms with E-state index in [1.165, 1.54) is 6.07 Å². The molecule has 0 unspecified atom stereocenters. The van der Waals surface area contributed by atoms with E-state index in [2.05, 4.69) is 5.32 Å². The predicted octanol–water partition coefficient (Wildman–Crippen LogP) is 4.38. The summed E-state index contributed by atoms with van der Waals surface area (Å²) in [4.78, 5) is 13.7. The molecule has 0 saturated heterocycles. The SMILES string of the molecule is CCCCN(C)C(=O)NC(C)(C)c1cccc(C(F)(F)F)c1. The van der Waals surface area contributed by atoms with Gasteiger partial charge in [-0.15, -0.1) is 0 Å². The average molecular weight is 316 g/mol. The third kappa shape index (κ3) is 4.93. The predicted molar refractivity (Wildman–Crippen MR) is 80.5 cm³/mol. The van der Waals surface area contributed by atoms with Crippen LogP contribution in [0.3, 0.4) is 0 Å². The normalized spacial score (nSPS) is 12.1. The first-order valence-electron chi connectivity index (χ1n) is 7.29. The van der Waals surface area contributed by atoms with Crippen LogP contribution in [0.25, 0.3) is 0 Å². The third-order valence-electron chi connectivity index (χ3n) is 3.52. The molecular weight excluding hydrogens is 293 g/mol. The van der Waals surface area contributed by atoms with Gasteiger partial charge in [-0.05, 0) is 38.0 Å². The number of amides is 2. The van der Waals surface area contributed by atoms with E-state index in [0.29, 0.717) is 12.1 Å². The third-order valence-corrected chi connectivity index (χ3v) is 3.52. The zero-order chi connectivity index (χ0) is 17.0. The van der Waals surface area contributed by atoms with Gasteiger partial charge in [0.05, 0.1) is 11.1 Å². The molecule has 0 fully saturated rings. The van der Waals surface area contributed by atoms with Crippen molar-refractivity contribution >= 4 is 6.03 Å². The van der Waals surface area contributed by atoms with E-state index < -0.39 is 17.3 Å². The first-order chi connectivity index (χ1) is 10.1. The number of carbonyl (C=O) groups is 1. The molecule has 0 saturated carbocycles. The first kappa shape index (κ1) is 18.3. The highest BCUT2D eigenvalue weighted by Gasteiger charge is 2.32. The van der Waals surface area contributed by atoms with Crippen molar-refractivity contribution in [2.24, 2.45) is 0 Å². The number of urea groups is 1. The van der Waals surface area contributed by atoms with Crippen molar-refractivity contribution < 1.29 is 18.0 Å². The Morgan fingerprint density at radius 3 is 2.36 bits per heavy atom. The molecule has 1 aromatic carbocycles. The smallest absolute Gasteiger partial charge is 0.329 e. The second-order valence-corrected chi connectivity index (χ2v) is 5.91. The Morgan fingerprint density at radius 1 is 1.23 bits per heavy atom. The summed E-state index contributed by atoms with van der Waals surface area (Å²) in [7, 11) is 1.67. The van der Waals surface area contributed by atoms with Crippen molar-refractivity contribution in [2.75, 3.05) is 13.6 Å². The molecule has 0 spiro atoms. The molecule has 0 aliphatic heterocycles. The van der Waals surface area contributed by atoms with Crippen LogP contribution in [0, 0.1) is 0 Å². The summed E-state index contributed by atoms with van der Waals surface area (Å²) in [6.45, 7) is 6.02. The van der Waals surface area contributed by atoms with Crippen LogP contribution in [-0.2, 0) is 11.7 Å². The zero-order valence-electron chi connectivity index (χ0n) is 13.4. The Labute approximate surface area is 129 Å². The van der Waals surface area contributed by atoms with Gasteiger partial charge in [-0.1, -0.05) is 25.5 Å². The van der Waals surface area contributed by atoms with Crippen LogP contribution in [0.1, 0.15) is 44.7 Å². The highest BCUT2D eigenvalue weighted by Crippen LogP contribution is 2.32. The molecule has 0 heterocycles. The molecule has 0 radical (unpaired) electrons. The second kappa shape index (κ2) is 7.03. The van der Waals surface area contributed by atoms with E-state index in [-0.39, 0.29) is 6.03 Å². The zero-order valence-corrected chi connectivity index (χ0v) is 13.4. The summed E-state index contributed by atoms with van der Waals surface area (Å²) in [5, 5.41) is 2.78. The van der Waals surface area contributed by atoms with Crippen LogP contribution in [-0.4, -0.2) is 24.5 Å². The maximum absolute atomic E-state index is 12.8. The minimum Gasteiger partial charge on any atom is -0.329 e. The quantitative estimate of drug-likeness (QED) is 0.859. The Morgan fingerprint density at radius 2 is 1.82 bits per heavy atom. The summed E-state index contributed by atoms with van der Waals surface area (Å²) in [6, 6.07) is 4.74. The van der Waals surface area contributed by atoms with Gasteiger partial charge in [0.1, 0.15) is 0 Å². The first-order valence-corrected chi connectivity index (χ1v) is 7.29. The Balaban J connectivity index is 2.88. The highest BCUT2D eigenvalue weighted by molar-refractivity contribution is 5.75. The van der Waals surface area contributed by atoms with Crippen molar-refractivity contribution in [1.29, 1.82) is 0 Å². The van der Waals surface area contributed by atoms with E-state index in [0.717, 1.165) is 25.0 Å². The molecular formula is C16H23F3N2O. The van der Waals surface area contributed by atoms with Gasteiger partial charge in [0.2, 0.25) is 0 Å². The van der Waals surface area contributed by atoms with Gasteiger partial charge in [0, 0.05) is 13.6 Å². The topological polar surface area (TPSA) is 32.3 Å². The number of nitrogens with one attached hydrogen (secondary N) is 1. The van der Waals surface area contributed by atoms with Crippen molar-refractivity contribution in [1.82, 2.24) is 10.2 Å². The van der Waals surface area contributed by atoms with Gasteiger partial charge >= 0.3 is 12.2 Å². The minimum atomic E-state index is -4.39. The molecule has 6 heteroatoms. The largest absolute Gasteiger partial charge is 0.416 e. The van der Waals surface area contributed by atoms with E-state index >= 15 is 0 Å². The van der Waals surface area contributed by atoms with Gasteiger partial charge in [-0.25, -0.2) is 4.79 Å². The highest BCUT2D eigenvalue weighted by atomic mass is 19.4. The molecule has 124 valence electrons. The molecule has 0 aromatic heterocycles. The van der Waals surface area contributed by atoms with Crippen molar-refractivity contribution in [3.63, 3.8) is 0 Å². The summed E-state index contributed by atoms with van der Waals surface area (Å²) in [6.07, 6.45) is -2.55. The Bertz CT molecular complexity index is 512. The fourth-order valence-corrected chi connectivity index (χ4v) is 2.02.